The summed E-state index contributed by atoms with van der Waals surface area (Å²) in [5.41, 5.74) is -0.378. The molecule has 1 aromatic carbocycles. The van der Waals surface area contributed by atoms with Crippen molar-refractivity contribution in [1.29, 1.82) is 0 Å². The molecule has 7 heteroatoms. The average Bonchev–Trinajstić information content (AvgIpc) is 2.25. The summed E-state index contributed by atoms with van der Waals surface area (Å²) in [6.07, 6.45) is 0. The molecule has 0 spiro atoms. The number of amides is 1. The first-order valence-corrected chi connectivity index (χ1v) is 6.51. The van der Waals surface area contributed by atoms with Crippen LogP contribution in [0.15, 0.2) is 18.2 Å². The predicted molar refractivity (Wildman–Crippen MR) is 79.1 cm³/mol. The lowest BCUT2D eigenvalue weighted by atomic mass is 10.1. The van der Waals surface area contributed by atoms with Crippen molar-refractivity contribution < 1.29 is 9.72 Å². The van der Waals surface area contributed by atoms with E-state index in [4.69, 9.17) is 11.6 Å². The molecule has 1 atom stereocenters. The van der Waals surface area contributed by atoms with E-state index in [1.165, 1.54) is 12.1 Å². The minimum atomic E-state index is -0.619. The molecule has 2 N–H and O–H groups in total. The zero-order valence-corrected chi connectivity index (χ0v) is 12.6. The van der Waals surface area contributed by atoms with Gasteiger partial charge in [-0.3, -0.25) is 14.9 Å². The second-order valence-electron chi connectivity index (χ2n) is 5.50. The molecule has 0 aliphatic carbocycles. The van der Waals surface area contributed by atoms with Gasteiger partial charge in [-0.25, -0.2) is 0 Å². The van der Waals surface area contributed by atoms with Gasteiger partial charge in [-0.05, 0) is 39.8 Å². The molecule has 0 radical (unpaired) electrons. The van der Waals surface area contributed by atoms with Crippen LogP contribution in [0.5, 0.6) is 0 Å². The summed E-state index contributed by atoms with van der Waals surface area (Å²) in [7, 11) is 0. The fourth-order valence-corrected chi connectivity index (χ4v) is 1.84. The third kappa shape index (κ3) is 4.38. The zero-order chi connectivity index (χ0) is 15.5. The number of carbonyl (C=O) groups is 1. The van der Waals surface area contributed by atoms with Gasteiger partial charge in [0.1, 0.15) is 16.8 Å². The van der Waals surface area contributed by atoms with Gasteiger partial charge < -0.3 is 10.6 Å². The third-order valence-corrected chi connectivity index (χ3v) is 2.74. The molecule has 6 nitrogen and oxygen atoms in total. The number of carbonyl (C=O) groups excluding carboxylic acids is 1. The molecule has 110 valence electrons. The van der Waals surface area contributed by atoms with Gasteiger partial charge in [-0.1, -0.05) is 17.7 Å². The van der Waals surface area contributed by atoms with E-state index in [2.05, 4.69) is 10.6 Å². The number of rotatable bonds is 4. The quantitative estimate of drug-likeness (QED) is 0.661. The highest BCUT2D eigenvalue weighted by Gasteiger charge is 2.23. The number of nitro benzene ring substituents is 1. The van der Waals surface area contributed by atoms with E-state index in [9.17, 15) is 14.9 Å². The van der Waals surface area contributed by atoms with Gasteiger partial charge in [0.2, 0.25) is 5.91 Å². The van der Waals surface area contributed by atoms with Crippen molar-refractivity contribution in [3.63, 3.8) is 0 Å². The first kappa shape index (κ1) is 16.2. The highest BCUT2D eigenvalue weighted by molar-refractivity contribution is 6.33. The summed E-state index contributed by atoms with van der Waals surface area (Å²) in [6.45, 7) is 7.21. The Hall–Kier alpha value is -1.82. The van der Waals surface area contributed by atoms with Crippen molar-refractivity contribution in [2.24, 2.45) is 0 Å². The van der Waals surface area contributed by atoms with Crippen molar-refractivity contribution in [3.8, 4) is 0 Å². The maximum atomic E-state index is 12.0. The Morgan fingerprint density at radius 1 is 1.40 bits per heavy atom. The monoisotopic (exact) mass is 299 g/mol. The maximum Gasteiger partial charge on any atom is 0.310 e. The first-order chi connectivity index (χ1) is 9.11. The lowest BCUT2D eigenvalue weighted by Gasteiger charge is -2.24. The number of nitro groups is 1. The lowest BCUT2D eigenvalue weighted by Crippen LogP contribution is -2.47. The minimum Gasteiger partial charge on any atom is -0.368 e. The molecule has 0 saturated heterocycles. The molecule has 1 aromatic rings. The SMILES string of the molecule is CC(Nc1cccc(Cl)c1[N+](=O)[O-])C(=O)NC(C)(C)C. The molecule has 0 heterocycles. The van der Waals surface area contributed by atoms with Crippen molar-refractivity contribution in [1.82, 2.24) is 5.32 Å². The van der Waals surface area contributed by atoms with Crippen molar-refractivity contribution >= 4 is 28.9 Å². The van der Waals surface area contributed by atoms with Gasteiger partial charge in [0, 0.05) is 5.54 Å². The van der Waals surface area contributed by atoms with E-state index >= 15 is 0 Å². The van der Waals surface area contributed by atoms with Gasteiger partial charge in [0.05, 0.1) is 4.92 Å². The predicted octanol–water partition coefficient (Wildman–Crippen LogP) is 2.96. The van der Waals surface area contributed by atoms with Crippen LogP contribution in [0.25, 0.3) is 0 Å². The van der Waals surface area contributed by atoms with Crippen molar-refractivity contribution in [2.75, 3.05) is 5.32 Å². The Morgan fingerprint density at radius 2 is 2.00 bits per heavy atom. The van der Waals surface area contributed by atoms with Crippen LogP contribution in [0.2, 0.25) is 5.02 Å². The van der Waals surface area contributed by atoms with Gasteiger partial charge in [0.15, 0.2) is 0 Å². The zero-order valence-electron chi connectivity index (χ0n) is 11.9. The van der Waals surface area contributed by atoms with E-state index in [1.807, 2.05) is 20.8 Å². The van der Waals surface area contributed by atoms with Crippen LogP contribution in [0.4, 0.5) is 11.4 Å². The number of para-hydroxylation sites is 1. The Morgan fingerprint density at radius 3 is 2.50 bits per heavy atom. The first-order valence-electron chi connectivity index (χ1n) is 6.13. The Kier molecular flexibility index (Phi) is 4.94. The standard InChI is InChI=1S/C13H18ClN3O3/c1-8(12(18)16-13(2,3)4)15-10-7-5-6-9(14)11(10)17(19)20/h5-8,15H,1-4H3,(H,16,18). The summed E-state index contributed by atoms with van der Waals surface area (Å²) >= 11 is 5.81. The largest absolute Gasteiger partial charge is 0.368 e. The third-order valence-electron chi connectivity index (χ3n) is 2.43. The van der Waals surface area contributed by atoms with Crippen LogP contribution in [0, 0.1) is 10.1 Å². The number of anilines is 1. The van der Waals surface area contributed by atoms with Gasteiger partial charge in [-0.15, -0.1) is 0 Å². The van der Waals surface area contributed by atoms with Crippen LogP contribution in [-0.4, -0.2) is 22.4 Å². The number of nitrogens with one attached hydrogen (secondary N) is 2. The van der Waals surface area contributed by atoms with Crippen LogP contribution in [-0.2, 0) is 4.79 Å². The molecule has 0 fully saturated rings. The summed E-state index contributed by atoms with van der Waals surface area (Å²) in [6, 6.07) is 3.92. The molecule has 20 heavy (non-hydrogen) atoms. The molecule has 1 unspecified atom stereocenters. The molecule has 0 bridgehead atoms. The van der Waals surface area contributed by atoms with E-state index in [0.29, 0.717) is 0 Å². The molecular weight excluding hydrogens is 282 g/mol. The summed E-state index contributed by atoms with van der Waals surface area (Å²) < 4.78 is 0. The molecular formula is C13H18ClN3O3. The van der Waals surface area contributed by atoms with Gasteiger partial charge in [-0.2, -0.15) is 0 Å². The topological polar surface area (TPSA) is 84.3 Å². The number of halogens is 1. The molecule has 0 saturated carbocycles. The Labute approximate surface area is 122 Å². The fraction of sp³-hybridized carbons (Fsp3) is 0.462. The Bertz CT molecular complexity index is 526. The smallest absolute Gasteiger partial charge is 0.310 e. The highest BCUT2D eigenvalue weighted by atomic mass is 35.5. The van der Waals surface area contributed by atoms with E-state index in [0.717, 1.165) is 0 Å². The normalized spacial score (nSPS) is 12.7. The summed E-state index contributed by atoms with van der Waals surface area (Å²) in [4.78, 5) is 22.4. The maximum absolute atomic E-state index is 12.0. The van der Waals surface area contributed by atoms with Crippen LogP contribution in [0.3, 0.4) is 0 Å². The molecule has 1 amide bonds. The van der Waals surface area contributed by atoms with E-state index in [-0.39, 0.29) is 27.8 Å². The van der Waals surface area contributed by atoms with Gasteiger partial charge in [0.25, 0.3) is 0 Å². The minimum absolute atomic E-state index is 0.0310. The van der Waals surface area contributed by atoms with Crippen LogP contribution in [0.1, 0.15) is 27.7 Å². The summed E-state index contributed by atoms with van der Waals surface area (Å²) in [5, 5.41) is 16.6. The summed E-state index contributed by atoms with van der Waals surface area (Å²) in [5.74, 6) is -0.244. The average molecular weight is 300 g/mol. The van der Waals surface area contributed by atoms with E-state index in [1.54, 1.807) is 13.0 Å². The molecule has 1 rings (SSSR count). The molecule has 0 aliphatic rings. The fourth-order valence-electron chi connectivity index (χ4n) is 1.59. The number of hydrogen-bond donors (Lipinski definition) is 2. The number of hydrogen-bond acceptors (Lipinski definition) is 4. The van der Waals surface area contributed by atoms with Crippen molar-refractivity contribution in [3.05, 3.63) is 33.3 Å². The number of benzene rings is 1. The van der Waals surface area contributed by atoms with Crippen molar-refractivity contribution in [2.45, 2.75) is 39.3 Å². The number of nitrogens with zero attached hydrogens (tertiary/aromatic N) is 1. The molecule has 0 aromatic heterocycles. The van der Waals surface area contributed by atoms with Crippen LogP contribution >= 0.6 is 11.6 Å². The lowest BCUT2D eigenvalue weighted by molar-refractivity contribution is -0.383. The van der Waals surface area contributed by atoms with E-state index < -0.39 is 11.0 Å². The highest BCUT2D eigenvalue weighted by Crippen LogP contribution is 2.32. The molecule has 0 aliphatic heterocycles. The van der Waals surface area contributed by atoms with Gasteiger partial charge >= 0.3 is 5.69 Å². The van der Waals surface area contributed by atoms with Crippen LogP contribution < -0.4 is 10.6 Å². The second-order valence-corrected chi connectivity index (χ2v) is 5.91. The Balaban J connectivity index is 2.91. The second kappa shape index (κ2) is 6.09.